The molecule has 0 bridgehead atoms. The van der Waals surface area contributed by atoms with Gasteiger partial charge in [-0.05, 0) is 37.1 Å². The van der Waals surface area contributed by atoms with E-state index in [1.807, 2.05) is 28.1 Å². The standard InChI is InChI=1S/C15H19N5OS/c21-15(17-12-5-7-22-9-12)19-6-1-2-11(8-19)14-18-16-10-20(14)13-3-4-13/h5,7,9-11,13H,1-4,6,8H2,(H,17,21)/t11-/m1/s1. The van der Waals surface area contributed by atoms with E-state index in [1.165, 1.54) is 12.8 Å². The summed E-state index contributed by atoms with van der Waals surface area (Å²) < 4.78 is 2.21. The summed E-state index contributed by atoms with van der Waals surface area (Å²) in [4.78, 5) is 14.3. The molecule has 1 saturated heterocycles. The maximum atomic E-state index is 12.4. The summed E-state index contributed by atoms with van der Waals surface area (Å²) in [5, 5.41) is 15.3. The molecule has 2 aromatic rings. The van der Waals surface area contributed by atoms with Crippen molar-refractivity contribution in [1.82, 2.24) is 19.7 Å². The van der Waals surface area contributed by atoms with Crippen LogP contribution in [0.2, 0.25) is 0 Å². The Morgan fingerprint density at radius 1 is 1.36 bits per heavy atom. The van der Waals surface area contributed by atoms with E-state index >= 15 is 0 Å². The van der Waals surface area contributed by atoms with Gasteiger partial charge in [0.05, 0.1) is 5.69 Å². The second-order valence-corrected chi connectivity index (χ2v) is 6.83. The van der Waals surface area contributed by atoms with Gasteiger partial charge >= 0.3 is 6.03 Å². The Hall–Kier alpha value is -1.89. The van der Waals surface area contributed by atoms with Gasteiger partial charge in [-0.25, -0.2) is 4.79 Å². The molecule has 0 unspecified atom stereocenters. The number of hydrogen-bond acceptors (Lipinski definition) is 4. The Kier molecular flexibility index (Phi) is 3.57. The molecular formula is C15H19N5OS. The number of carbonyl (C=O) groups is 1. The number of nitrogens with one attached hydrogen (secondary N) is 1. The lowest BCUT2D eigenvalue weighted by molar-refractivity contribution is 0.190. The second-order valence-electron chi connectivity index (χ2n) is 6.05. The normalized spacial score (nSPS) is 21.8. The summed E-state index contributed by atoms with van der Waals surface area (Å²) >= 11 is 1.58. The predicted octanol–water partition coefficient (Wildman–Crippen LogP) is 3.09. The Bertz CT molecular complexity index is 649. The third-order valence-electron chi connectivity index (χ3n) is 4.39. The van der Waals surface area contributed by atoms with E-state index in [4.69, 9.17) is 0 Å². The Morgan fingerprint density at radius 2 is 2.27 bits per heavy atom. The van der Waals surface area contributed by atoms with E-state index in [0.717, 1.165) is 37.4 Å². The number of anilines is 1. The average molecular weight is 317 g/mol. The zero-order valence-electron chi connectivity index (χ0n) is 12.3. The molecule has 0 aromatic carbocycles. The second kappa shape index (κ2) is 5.72. The van der Waals surface area contributed by atoms with E-state index in [0.29, 0.717) is 12.0 Å². The maximum Gasteiger partial charge on any atom is 0.321 e. The minimum absolute atomic E-state index is 0.0133. The first-order valence-electron chi connectivity index (χ1n) is 7.79. The highest BCUT2D eigenvalue weighted by Crippen LogP contribution is 2.38. The molecular weight excluding hydrogens is 298 g/mol. The van der Waals surface area contributed by atoms with Crippen molar-refractivity contribution in [2.45, 2.75) is 37.6 Å². The Balaban J connectivity index is 1.45. The molecule has 116 valence electrons. The molecule has 1 aliphatic heterocycles. The van der Waals surface area contributed by atoms with Crippen molar-refractivity contribution >= 4 is 23.1 Å². The van der Waals surface area contributed by atoms with Gasteiger partial charge in [0, 0.05) is 30.4 Å². The summed E-state index contributed by atoms with van der Waals surface area (Å²) in [6.45, 7) is 1.53. The predicted molar refractivity (Wildman–Crippen MR) is 85.2 cm³/mol. The first-order chi connectivity index (χ1) is 10.8. The molecule has 1 atom stereocenters. The first-order valence-corrected chi connectivity index (χ1v) is 8.73. The molecule has 2 aromatic heterocycles. The van der Waals surface area contributed by atoms with Crippen molar-refractivity contribution in [3.8, 4) is 0 Å². The fraction of sp³-hybridized carbons (Fsp3) is 0.533. The molecule has 0 radical (unpaired) electrons. The van der Waals surface area contributed by atoms with Gasteiger partial charge in [-0.1, -0.05) is 0 Å². The van der Waals surface area contributed by atoms with Crippen LogP contribution in [0.15, 0.2) is 23.2 Å². The first kappa shape index (κ1) is 13.8. The molecule has 22 heavy (non-hydrogen) atoms. The van der Waals surface area contributed by atoms with Crippen LogP contribution < -0.4 is 5.32 Å². The molecule has 7 heteroatoms. The number of rotatable bonds is 3. The number of nitrogens with zero attached hydrogens (tertiary/aromatic N) is 4. The third-order valence-corrected chi connectivity index (χ3v) is 5.07. The fourth-order valence-electron chi connectivity index (χ4n) is 3.09. The van der Waals surface area contributed by atoms with Crippen LogP contribution in [0.3, 0.4) is 0 Å². The highest BCUT2D eigenvalue weighted by Gasteiger charge is 2.32. The Labute approximate surface area is 133 Å². The van der Waals surface area contributed by atoms with Crippen LogP contribution in [0.25, 0.3) is 0 Å². The average Bonchev–Trinajstić information content (AvgIpc) is 3.05. The van der Waals surface area contributed by atoms with Crippen LogP contribution in [-0.2, 0) is 0 Å². The summed E-state index contributed by atoms with van der Waals surface area (Å²) in [7, 11) is 0. The lowest BCUT2D eigenvalue weighted by Crippen LogP contribution is -2.42. The molecule has 0 spiro atoms. The van der Waals surface area contributed by atoms with Gasteiger partial charge < -0.3 is 14.8 Å². The van der Waals surface area contributed by atoms with Gasteiger partial charge in [-0.2, -0.15) is 11.3 Å². The van der Waals surface area contributed by atoms with Gasteiger partial charge in [0.2, 0.25) is 0 Å². The zero-order valence-corrected chi connectivity index (χ0v) is 13.1. The van der Waals surface area contributed by atoms with Gasteiger partial charge in [-0.15, -0.1) is 10.2 Å². The van der Waals surface area contributed by atoms with Crippen LogP contribution in [0.4, 0.5) is 10.5 Å². The summed E-state index contributed by atoms with van der Waals surface area (Å²) in [5.74, 6) is 1.35. The lowest BCUT2D eigenvalue weighted by Gasteiger charge is -2.32. The summed E-state index contributed by atoms with van der Waals surface area (Å²) in [6.07, 6.45) is 6.38. The largest absolute Gasteiger partial charge is 0.324 e. The Morgan fingerprint density at radius 3 is 3.05 bits per heavy atom. The van der Waals surface area contributed by atoms with Crippen molar-refractivity contribution in [2.24, 2.45) is 0 Å². The minimum Gasteiger partial charge on any atom is -0.324 e. The van der Waals surface area contributed by atoms with Crippen LogP contribution in [0.5, 0.6) is 0 Å². The number of aromatic nitrogens is 3. The van der Waals surface area contributed by atoms with Crippen molar-refractivity contribution in [3.05, 3.63) is 29.0 Å². The van der Waals surface area contributed by atoms with E-state index < -0.39 is 0 Å². The summed E-state index contributed by atoms with van der Waals surface area (Å²) in [6, 6.07) is 2.49. The van der Waals surface area contributed by atoms with E-state index in [2.05, 4.69) is 20.1 Å². The third kappa shape index (κ3) is 2.72. The molecule has 1 aliphatic carbocycles. The molecule has 3 heterocycles. The van der Waals surface area contributed by atoms with Gasteiger partial charge in [0.1, 0.15) is 12.2 Å². The van der Waals surface area contributed by atoms with Crippen molar-refractivity contribution in [2.75, 3.05) is 18.4 Å². The highest BCUT2D eigenvalue weighted by atomic mass is 32.1. The molecule has 2 aliphatic rings. The smallest absolute Gasteiger partial charge is 0.321 e. The van der Waals surface area contributed by atoms with Crippen LogP contribution in [0, 0.1) is 0 Å². The number of thiophene rings is 1. The molecule has 6 nitrogen and oxygen atoms in total. The van der Waals surface area contributed by atoms with Gasteiger partial charge in [-0.3, -0.25) is 0 Å². The number of amides is 2. The SMILES string of the molecule is O=C(Nc1ccsc1)N1CCC[C@@H](c2nncn2C2CC2)C1. The fourth-order valence-corrected chi connectivity index (χ4v) is 3.68. The van der Waals surface area contributed by atoms with Gasteiger partial charge in [0.15, 0.2) is 0 Å². The van der Waals surface area contributed by atoms with Crippen LogP contribution >= 0.6 is 11.3 Å². The maximum absolute atomic E-state index is 12.4. The van der Waals surface area contributed by atoms with Crippen LogP contribution in [0.1, 0.15) is 43.5 Å². The molecule has 1 saturated carbocycles. The quantitative estimate of drug-likeness (QED) is 0.946. The number of carbonyl (C=O) groups excluding carboxylic acids is 1. The number of urea groups is 1. The van der Waals surface area contributed by atoms with E-state index in [9.17, 15) is 4.79 Å². The monoisotopic (exact) mass is 317 g/mol. The lowest BCUT2D eigenvalue weighted by atomic mass is 9.97. The molecule has 1 N–H and O–H groups in total. The summed E-state index contributed by atoms with van der Waals surface area (Å²) in [5.41, 5.74) is 0.873. The molecule has 2 amide bonds. The highest BCUT2D eigenvalue weighted by molar-refractivity contribution is 7.08. The number of hydrogen-bond donors (Lipinski definition) is 1. The molecule has 4 rings (SSSR count). The number of likely N-dealkylation sites (tertiary alicyclic amines) is 1. The van der Waals surface area contributed by atoms with Crippen molar-refractivity contribution < 1.29 is 4.79 Å². The zero-order chi connectivity index (χ0) is 14.9. The topological polar surface area (TPSA) is 63.1 Å². The van der Waals surface area contributed by atoms with Crippen molar-refractivity contribution in [1.29, 1.82) is 0 Å². The minimum atomic E-state index is -0.0133. The molecule has 2 fully saturated rings. The van der Waals surface area contributed by atoms with E-state index in [1.54, 1.807) is 11.3 Å². The van der Waals surface area contributed by atoms with Crippen LogP contribution in [-0.4, -0.2) is 38.8 Å². The van der Waals surface area contributed by atoms with E-state index in [-0.39, 0.29) is 6.03 Å². The number of piperidine rings is 1. The van der Waals surface area contributed by atoms with Crippen molar-refractivity contribution in [3.63, 3.8) is 0 Å². The van der Waals surface area contributed by atoms with Gasteiger partial charge in [0.25, 0.3) is 0 Å².